The Morgan fingerprint density at radius 1 is 0.891 bits per heavy atom. The number of halogens is 3. The van der Waals surface area contributed by atoms with Gasteiger partial charge in [-0.05, 0) is 93.8 Å². The van der Waals surface area contributed by atoms with Crippen molar-refractivity contribution >= 4 is 22.9 Å². The number of aromatic nitrogens is 1. The van der Waals surface area contributed by atoms with Crippen LogP contribution in [0.1, 0.15) is 59.2 Å². The number of furan rings is 1. The number of hydrogen-bond donors (Lipinski definition) is 2. The average Bonchev–Trinajstić information content (AvgIpc) is 3.38. The van der Waals surface area contributed by atoms with Crippen molar-refractivity contribution in [3.05, 3.63) is 101 Å². The molecule has 3 aromatic carbocycles. The third kappa shape index (κ3) is 7.39. The van der Waals surface area contributed by atoms with E-state index in [0.717, 1.165) is 5.56 Å². The van der Waals surface area contributed by atoms with Gasteiger partial charge in [-0.15, -0.1) is 0 Å². The first-order valence-electron chi connectivity index (χ1n) is 14.7. The van der Waals surface area contributed by atoms with Crippen LogP contribution in [0.3, 0.4) is 0 Å². The van der Waals surface area contributed by atoms with Gasteiger partial charge in [0.1, 0.15) is 17.3 Å². The first-order chi connectivity index (χ1) is 21.7. The molecule has 0 saturated heterocycles. The molecule has 2 N–H and O–H groups in total. The van der Waals surface area contributed by atoms with E-state index in [1.807, 2.05) is 52.0 Å². The second kappa shape index (κ2) is 12.7. The van der Waals surface area contributed by atoms with Gasteiger partial charge < -0.3 is 19.8 Å². The van der Waals surface area contributed by atoms with Crippen LogP contribution in [0, 0.1) is 6.92 Å². The van der Waals surface area contributed by atoms with Gasteiger partial charge in [0.2, 0.25) is 5.71 Å². The fraction of sp³-hybridized carbons (Fsp3) is 0.250. The fourth-order valence-electron chi connectivity index (χ4n) is 5.03. The Morgan fingerprint density at radius 3 is 2.26 bits per heavy atom. The molecule has 0 aliphatic heterocycles. The lowest BCUT2D eigenvalue weighted by molar-refractivity contribution is -0.134. The maximum absolute atomic E-state index is 13.4. The molecular formula is C36H34F3N3O4. The number of rotatable bonds is 8. The lowest BCUT2D eigenvalue weighted by Gasteiger charge is -2.20. The zero-order valence-electron chi connectivity index (χ0n) is 26.1. The molecule has 0 aliphatic rings. The highest BCUT2D eigenvalue weighted by Gasteiger charge is 2.29. The number of nitrogens with one attached hydrogen (secondary N) is 2. The summed E-state index contributed by atoms with van der Waals surface area (Å²) < 4.78 is 52.3. The number of carbonyl (C=O) groups is 2. The average molecular weight is 630 g/mol. The van der Waals surface area contributed by atoms with Crippen molar-refractivity contribution in [3.63, 3.8) is 0 Å². The van der Waals surface area contributed by atoms with Gasteiger partial charge in [-0.1, -0.05) is 30.3 Å². The van der Waals surface area contributed by atoms with Crippen molar-refractivity contribution < 1.29 is 31.9 Å². The van der Waals surface area contributed by atoms with E-state index in [1.165, 1.54) is 7.05 Å². The minimum atomic E-state index is -4.42. The number of benzene rings is 3. The normalized spacial score (nSPS) is 11.8. The van der Waals surface area contributed by atoms with Gasteiger partial charge in [-0.3, -0.25) is 9.59 Å². The summed E-state index contributed by atoms with van der Waals surface area (Å²) >= 11 is 0. The van der Waals surface area contributed by atoms with Crippen LogP contribution in [0.15, 0.2) is 83.3 Å². The summed E-state index contributed by atoms with van der Waals surface area (Å²) in [5.74, 6) is 0.699. The molecule has 2 heterocycles. The molecule has 0 fully saturated rings. The minimum absolute atomic E-state index is 0.0244. The number of aryl methyl sites for hydroxylation is 2. The summed E-state index contributed by atoms with van der Waals surface area (Å²) in [5, 5.41) is 5.85. The molecule has 2 aromatic heterocycles. The number of alkyl halides is 3. The zero-order valence-corrected chi connectivity index (χ0v) is 26.1. The number of amides is 2. The van der Waals surface area contributed by atoms with E-state index in [0.29, 0.717) is 39.1 Å². The Labute approximate surface area is 264 Å². The molecule has 0 aliphatic carbocycles. The lowest BCUT2D eigenvalue weighted by Crippen LogP contribution is -2.40. The van der Waals surface area contributed by atoms with E-state index in [1.54, 1.807) is 54.6 Å². The van der Waals surface area contributed by atoms with E-state index in [2.05, 4.69) is 15.6 Å². The number of carbonyl (C=O) groups excluding carboxylic acids is 2. The summed E-state index contributed by atoms with van der Waals surface area (Å²) in [6, 6.07) is 22.8. The zero-order chi connectivity index (χ0) is 33.2. The topological polar surface area (TPSA) is 93.5 Å². The van der Waals surface area contributed by atoms with Crippen molar-refractivity contribution in [1.29, 1.82) is 0 Å². The van der Waals surface area contributed by atoms with Gasteiger partial charge in [0.15, 0.2) is 0 Å². The maximum Gasteiger partial charge on any atom is 0.389 e. The van der Waals surface area contributed by atoms with Crippen LogP contribution in [-0.4, -0.2) is 35.6 Å². The molecule has 7 nitrogen and oxygen atoms in total. The molecule has 0 spiro atoms. The first-order valence-corrected chi connectivity index (χ1v) is 14.7. The number of nitrogens with zero attached hydrogens (tertiary/aromatic N) is 1. The van der Waals surface area contributed by atoms with E-state index < -0.39 is 30.5 Å². The van der Waals surface area contributed by atoms with Crippen LogP contribution >= 0.6 is 0 Å². The summed E-state index contributed by atoms with van der Waals surface area (Å²) in [4.78, 5) is 30.7. The third-order valence-corrected chi connectivity index (χ3v) is 7.22. The minimum Gasteiger partial charge on any atom is -0.457 e. The Morgan fingerprint density at radius 2 is 1.61 bits per heavy atom. The number of para-hydroxylation sites is 1. The Hall–Kier alpha value is -5.12. The van der Waals surface area contributed by atoms with Crippen LogP contribution in [0.25, 0.3) is 33.6 Å². The van der Waals surface area contributed by atoms with Gasteiger partial charge in [0.25, 0.3) is 11.8 Å². The molecule has 2 amide bonds. The molecule has 46 heavy (non-hydrogen) atoms. The van der Waals surface area contributed by atoms with Crippen LogP contribution < -0.4 is 15.4 Å². The Balaban J connectivity index is 1.62. The summed E-state index contributed by atoms with van der Waals surface area (Å²) in [7, 11) is 1.48. The van der Waals surface area contributed by atoms with Gasteiger partial charge >= 0.3 is 6.18 Å². The van der Waals surface area contributed by atoms with Crippen molar-refractivity contribution in [3.8, 4) is 33.9 Å². The number of fused-ring (bicyclic) bond motifs is 1. The van der Waals surface area contributed by atoms with E-state index in [9.17, 15) is 22.8 Å². The molecule has 0 unspecified atom stereocenters. The second-order valence-corrected chi connectivity index (χ2v) is 12.0. The fourth-order valence-corrected chi connectivity index (χ4v) is 5.03. The van der Waals surface area contributed by atoms with Crippen LogP contribution in [-0.2, 0) is 6.42 Å². The lowest BCUT2D eigenvalue weighted by atomic mass is 9.96. The largest absolute Gasteiger partial charge is 0.457 e. The highest BCUT2D eigenvalue weighted by atomic mass is 19.4. The SMILES string of the molecule is CNC(=O)c1c(-c2ccc(Oc3ccccc3C)cc2)oc2nc(CCC(F)(F)F)c(-c3cccc(C(=O)NC(C)(C)C)c3)cc12. The molecule has 5 aromatic rings. The van der Waals surface area contributed by atoms with E-state index in [4.69, 9.17) is 9.15 Å². The monoisotopic (exact) mass is 629 g/mol. The second-order valence-electron chi connectivity index (χ2n) is 12.0. The maximum atomic E-state index is 13.4. The summed E-state index contributed by atoms with van der Waals surface area (Å²) in [5.41, 5.74) is 2.54. The predicted octanol–water partition coefficient (Wildman–Crippen LogP) is 8.65. The molecule has 238 valence electrons. The summed E-state index contributed by atoms with van der Waals surface area (Å²) in [6.45, 7) is 7.49. The Kier molecular flexibility index (Phi) is 8.92. The smallest absolute Gasteiger partial charge is 0.389 e. The number of ether oxygens (including phenoxy) is 1. The molecule has 10 heteroatoms. The first kappa shape index (κ1) is 32.3. The van der Waals surface area contributed by atoms with Crippen molar-refractivity contribution in [2.45, 2.75) is 52.3 Å². The highest BCUT2D eigenvalue weighted by Crippen LogP contribution is 2.38. The predicted molar refractivity (Wildman–Crippen MR) is 171 cm³/mol. The molecule has 0 bridgehead atoms. The van der Waals surface area contributed by atoms with Gasteiger partial charge in [0.05, 0.1) is 16.6 Å². The van der Waals surface area contributed by atoms with E-state index >= 15 is 0 Å². The van der Waals surface area contributed by atoms with Crippen molar-refractivity contribution in [2.75, 3.05) is 7.05 Å². The third-order valence-electron chi connectivity index (χ3n) is 7.22. The van der Waals surface area contributed by atoms with Crippen LogP contribution in [0.5, 0.6) is 11.5 Å². The molecule has 5 rings (SSSR count). The van der Waals surface area contributed by atoms with Gasteiger partial charge in [-0.25, -0.2) is 4.98 Å². The van der Waals surface area contributed by atoms with Gasteiger partial charge in [-0.2, -0.15) is 13.2 Å². The summed E-state index contributed by atoms with van der Waals surface area (Å²) in [6.07, 6.45) is -5.96. The standard InChI is InChI=1S/C36H34F3N3O4/c1-21-9-6-7-12-29(21)45-25-15-13-22(14-16-25)31-30(33(44)40-5)27-20-26(28(41-34(27)46-31)17-18-36(37,38)39)23-10-8-11-24(19-23)32(43)42-35(2,3)4/h6-16,19-20H,17-18H2,1-5H3,(H,40,44)(H,42,43). The molecule has 0 saturated carbocycles. The van der Waals surface area contributed by atoms with Gasteiger partial charge in [0, 0.05) is 35.7 Å². The number of hydrogen-bond acceptors (Lipinski definition) is 5. The highest BCUT2D eigenvalue weighted by molar-refractivity contribution is 6.11. The van der Waals surface area contributed by atoms with Crippen molar-refractivity contribution in [1.82, 2.24) is 15.6 Å². The molecule has 0 atom stereocenters. The van der Waals surface area contributed by atoms with Crippen LogP contribution in [0.4, 0.5) is 13.2 Å². The van der Waals surface area contributed by atoms with Crippen LogP contribution in [0.2, 0.25) is 0 Å². The quantitative estimate of drug-likeness (QED) is 0.179. The number of pyridine rings is 1. The Bertz CT molecular complexity index is 1910. The molecule has 0 radical (unpaired) electrons. The molecular weight excluding hydrogens is 595 g/mol. The van der Waals surface area contributed by atoms with E-state index in [-0.39, 0.29) is 28.6 Å². The van der Waals surface area contributed by atoms with Crippen molar-refractivity contribution in [2.24, 2.45) is 0 Å².